The molecule has 5 heteroatoms. The topological polar surface area (TPSA) is 83.8 Å². The quantitative estimate of drug-likeness (QED) is 0.834. The minimum Gasteiger partial charge on any atom is -0.508 e. The molecule has 2 aromatic rings. The Morgan fingerprint density at radius 2 is 1.65 bits per heavy atom. The molecule has 0 radical (unpaired) electrons. The van der Waals surface area contributed by atoms with E-state index in [1.807, 2.05) is 0 Å². The predicted molar refractivity (Wildman–Crippen MR) is 71.5 cm³/mol. The van der Waals surface area contributed by atoms with Crippen molar-refractivity contribution in [3.63, 3.8) is 0 Å². The van der Waals surface area contributed by atoms with Crippen LogP contribution in [0.2, 0.25) is 0 Å². The van der Waals surface area contributed by atoms with E-state index in [0.29, 0.717) is 0 Å². The summed E-state index contributed by atoms with van der Waals surface area (Å²) in [6.45, 7) is 0. The van der Waals surface area contributed by atoms with Gasteiger partial charge < -0.3 is 14.9 Å². The lowest BCUT2D eigenvalue weighted by Crippen LogP contribution is -2.10. The van der Waals surface area contributed by atoms with Gasteiger partial charge in [0.15, 0.2) is 5.78 Å². The van der Waals surface area contributed by atoms with Crippen molar-refractivity contribution in [3.8, 4) is 11.5 Å². The Kier molecular flexibility index (Phi) is 3.70. The standard InChI is InChI=1S/C15H12O5/c1-20-13-8-9(16)6-7-12(13)14(17)10-4-2-3-5-11(10)15(18)19/h2-8,16H,1H3,(H,18,19). The van der Waals surface area contributed by atoms with Crippen molar-refractivity contribution in [2.24, 2.45) is 0 Å². The van der Waals surface area contributed by atoms with Crippen LogP contribution in [-0.2, 0) is 0 Å². The number of carboxylic acids is 1. The van der Waals surface area contributed by atoms with Crippen LogP contribution in [0.3, 0.4) is 0 Å². The van der Waals surface area contributed by atoms with Crippen LogP contribution in [0.25, 0.3) is 0 Å². The smallest absolute Gasteiger partial charge is 0.336 e. The third-order valence-electron chi connectivity index (χ3n) is 2.83. The van der Waals surface area contributed by atoms with Gasteiger partial charge in [0, 0.05) is 11.6 Å². The highest BCUT2D eigenvalue weighted by atomic mass is 16.5. The first-order valence-electron chi connectivity index (χ1n) is 5.78. The Balaban J connectivity index is 2.55. The van der Waals surface area contributed by atoms with E-state index in [1.54, 1.807) is 12.1 Å². The number of phenols is 1. The number of aromatic hydroxyl groups is 1. The minimum atomic E-state index is -1.17. The van der Waals surface area contributed by atoms with E-state index >= 15 is 0 Å². The molecule has 0 aliphatic carbocycles. The summed E-state index contributed by atoms with van der Waals surface area (Å²) >= 11 is 0. The van der Waals surface area contributed by atoms with Gasteiger partial charge in [-0.3, -0.25) is 4.79 Å². The molecule has 0 bridgehead atoms. The Morgan fingerprint density at radius 3 is 2.25 bits per heavy atom. The van der Waals surface area contributed by atoms with E-state index in [4.69, 9.17) is 9.84 Å². The molecule has 0 fully saturated rings. The minimum absolute atomic E-state index is 0.0371. The van der Waals surface area contributed by atoms with Crippen LogP contribution in [-0.4, -0.2) is 29.1 Å². The van der Waals surface area contributed by atoms with Crippen molar-refractivity contribution in [1.29, 1.82) is 0 Å². The lowest BCUT2D eigenvalue weighted by atomic mass is 9.97. The summed E-state index contributed by atoms with van der Waals surface area (Å²) in [5.74, 6) is -1.49. The number of rotatable bonds is 4. The Bertz CT molecular complexity index is 676. The van der Waals surface area contributed by atoms with E-state index in [2.05, 4.69) is 0 Å². The van der Waals surface area contributed by atoms with E-state index in [9.17, 15) is 14.7 Å². The van der Waals surface area contributed by atoms with E-state index in [1.165, 1.54) is 37.4 Å². The zero-order valence-corrected chi connectivity index (χ0v) is 10.7. The second-order valence-corrected chi connectivity index (χ2v) is 4.06. The second-order valence-electron chi connectivity index (χ2n) is 4.06. The summed E-state index contributed by atoms with van der Waals surface area (Å²) in [6, 6.07) is 9.99. The molecule has 0 saturated heterocycles. The molecule has 5 nitrogen and oxygen atoms in total. The number of hydrogen-bond donors (Lipinski definition) is 2. The molecule has 0 heterocycles. The number of hydrogen-bond acceptors (Lipinski definition) is 4. The highest BCUT2D eigenvalue weighted by molar-refractivity contribution is 6.15. The van der Waals surface area contributed by atoms with Crippen molar-refractivity contribution in [1.82, 2.24) is 0 Å². The molecule has 0 spiro atoms. The van der Waals surface area contributed by atoms with Crippen LogP contribution < -0.4 is 4.74 Å². The van der Waals surface area contributed by atoms with E-state index < -0.39 is 11.8 Å². The Morgan fingerprint density at radius 1 is 1.00 bits per heavy atom. The van der Waals surface area contributed by atoms with Gasteiger partial charge in [-0.15, -0.1) is 0 Å². The van der Waals surface area contributed by atoms with Crippen LogP contribution in [0.15, 0.2) is 42.5 Å². The van der Waals surface area contributed by atoms with Gasteiger partial charge in [-0.05, 0) is 18.2 Å². The van der Waals surface area contributed by atoms with Crippen LogP contribution in [0, 0.1) is 0 Å². The lowest BCUT2D eigenvalue weighted by Gasteiger charge is -2.09. The Labute approximate surface area is 115 Å². The van der Waals surface area contributed by atoms with Gasteiger partial charge in [-0.2, -0.15) is 0 Å². The fraction of sp³-hybridized carbons (Fsp3) is 0.0667. The summed E-state index contributed by atoms with van der Waals surface area (Å²) in [6.07, 6.45) is 0. The van der Waals surface area contributed by atoms with Crippen molar-refractivity contribution in [3.05, 3.63) is 59.2 Å². The molecule has 102 valence electrons. The molecular formula is C15H12O5. The molecule has 20 heavy (non-hydrogen) atoms. The van der Waals surface area contributed by atoms with Gasteiger partial charge in [0.2, 0.25) is 0 Å². The second kappa shape index (κ2) is 5.44. The van der Waals surface area contributed by atoms with Crippen LogP contribution in [0.4, 0.5) is 0 Å². The number of aromatic carboxylic acids is 1. The van der Waals surface area contributed by atoms with Crippen LogP contribution >= 0.6 is 0 Å². The summed E-state index contributed by atoms with van der Waals surface area (Å²) < 4.78 is 5.04. The maximum Gasteiger partial charge on any atom is 0.336 e. The lowest BCUT2D eigenvalue weighted by molar-refractivity contribution is 0.0692. The first kappa shape index (κ1) is 13.6. The number of methoxy groups -OCH3 is 1. The molecule has 2 N–H and O–H groups in total. The van der Waals surface area contributed by atoms with Gasteiger partial charge in [-0.1, -0.05) is 18.2 Å². The molecule has 2 rings (SSSR count). The van der Waals surface area contributed by atoms with E-state index in [0.717, 1.165) is 0 Å². The number of benzene rings is 2. The first-order chi connectivity index (χ1) is 9.54. The normalized spacial score (nSPS) is 10.1. The molecule has 0 aliphatic rings. The van der Waals surface area contributed by atoms with Gasteiger partial charge in [0.05, 0.1) is 18.2 Å². The predicted octanol–water partition coefficient (Wildman–Crippen LogP) is 2.33. The maximum absolute atomic E-state index is 12.4. The fourth-order valence-electron chi connectivity index (χ4n) is 1.88. The average molecular weight is 272 g/mol. The van der Waals surface area contributed by atoms with Gasteiger partial charge in [0.25, 0.3) is 0 Å². The zero-order valence-electron chi connectivity index (χ0n) is 10.7. The number of ketones is 1. The molecule has 0 saturated carbocycles. The van der Waals surface area contributed by atoms with Gasteiger partial charge >= 0.3 is 5.97 Å². The third-order valence-corrected chi connectivity index (χ3v) is 2.83. The molecule has 0 unspecified atom stereocenters. The Hall–Kier alpha value is -2.82. The van der Waals surface area contributed by atoms with Crippen molar-refractivity contribution >= 4 is 11.8 Å². The summed E-state index contributed by atoms with van der Waals surface area (Å²) in [5.41, 5.74) is 0.190. The largest absolute Gasteiger partial charge is 0.508 e. The summed E-state index contributed by atoms with van der Waals surface area (Å²) in [4.78, 5) is 23.6. The van der Waals surface area contributed by atoms with Gasteiger partial charge in [-0.25, -0.2) is 4.79 Å². The van der Waals surface area contributed by atoms with Crippen molar-refractivity contribution in [2.75, 3.05) is 7.11 Å². The molecule has 0 aliphatic heterocycles. The number of ether oxygens (including phenoxy) is 1. The maximum atomic E-state index is 12.4. The van der Waals surface area contributed by atoms with Crippen molar-refractivity contribution < 1.29 is 24.5 Å². The summed E-state index contributed by atoms with van der Waals surface area (Å²) in [5, 5.41) is 18.5. The fourth-order valence-corrected chi connectivity index (χ4v) is 1.88. The first-order valence-corrected chi connectivity index (χ1v) is 5.78. The molecule has 0 aromatic heterocycles. The van der Waals surface area contributed by atoms with E-state index in [-0.39, 0.29) is 28.2 Å². The summed E-state index contributed by atoms with van der Waals surface area (Å²) in [7, 11) is 1.37. The third kappa shape index (κ3) is 2.47. The number of phenolic OH excluding ortho intramolecular Hbond substituents is 1. The number of carbonyl (C=O) groups is 2. The highest BCUT2D eigenvalue weighted by Gasteiger charge is 2.20. The molecular weight excluding hydrogens is 260 g/mol. The molecule has 0 atom stereocenters. The van der Waals surface area contributed by atoms with Crippen LogP contribution in [0.5, 0.6) is 11.5 Å². The average Bonchev–Trinajstić information content (AvgIpc) is 2.46. The SMILES string of the molecule is COc1cc(O)ccc1C(=O)c1ccccc1C(=O)O. The monoisotopic (exact) mass is 272 g/mol. The van der Waals surface area contributed by atoms with Gasteiger partial charge in [0.1, 0.15) is 11.5 Å². The number of carboxylic acid groups (broad SMARTS) is 1. The number of carbonyl (C=O) groups excluding carboxylic acids is 1. The molecule has 0 amide bonds. The van der Waals surface area contributed by atoms with Crippen molar-refractivity contribution in [2.45, 2.75) is 0 Å². The molecule has 2 aromatic carbocycles. The zero-order chi connectivity index (χ0) is 14.7. The van der Waals surface area contributed by atoms with Crippen LogP contribution in [0.1, 0.15) is 26.3 Å². The highest BCUT2D eigenvalue weighted by Crippen LogP contribution is 2.27.